The van der Waals surface area contributed by atoms with E-state index in [0.29, 0.717) is 54.8 Å². The second kappa shape index (κ2) is 9.07. The first-order chi connectivity index (χ1) is 14.8. The van der Waals surface area contributed by atoms with Gasteiger partial charge in [0.1, 0.15) is 4.21 Å². The molecule has 0 aliphatic carbocycles. The molecule has 1 amide bonds. The highest BCUT2D eigenvalue weighted by Crippen LogP contribution is 2.31. The van der Waals surface area contributed by atoms with Crippen LogP contribution in [0, 0.1) is 12.8 Å². The van der Waals surface area contributed by atoms with Gasteiger partial charge in [-0.3, -0.25) is 4.79 Å². The maximum Gasteiger partial charge on any atom is 0.252 e. The Labute approximate surface area is 189 Å². The summed E-state index contributed by atoms with van der Waals surface area (Å²) in [5.74, 6) is 0.475. The van der Waals surface area contributed by atoms with E-state index in [2.05, 4.69) is 15.5 Å². The van der Waals surface area contributed by atoms with Crippen molar-refractivity contribution in [2.45, 2.75) is 30.5 Å². The molecule has 1 saturated heterocycles. The van der Waals surface area contributed by atoms with Crippen LogP contribution < -0.4 is 5.32 Å². The van der Waals surface area contributed by atoms with Gasteiger partial charge in [0.05, 0.1) is 0 Å². The number of carbonyl (C=O) groups excluding carboxylic acids is 1. The van der Waals surface area contributed by atoms with Crippen LogP contribution in [0.2, 0.25) is 5.02 Å². The van der Waals surface area contributed by atoms with E-state index in [0.717, 1.165) is 16.9 Å². The molecule has 4 rings (SSSR count). The van der Waals surface area contributed by atoms with Gasteiger partial charge >= 0.3 is 0 Å². The van der Waals surface area contributed by atoms with E-state index in [1.165, 1.54) is 4.31 Å². The first-order valence-electron chi connectivity index (χ1n) is 9.75. The van der Waals surface area contributed by atoms with E-state index in [-0.39, 0.29) is 16.0 Å². The van der Waals surface area contributed by atoms with Gasteiger partial charge in [-0.15, -0.1) is 11.3 Å². The SMILES string of the molecule is Cc1nc(-c2csc(S(=O)(=O)N3CCC(C(=O)NCc4ccccc4Cl)CC3)c2)no1. The molecule has 0 unspecified atom stereocenters. The van der Waals surface area contributed by atoms with Gasteiger partial charge in [0.25, 0.3) is 10.0 Å². The lowest BCUT2D eigenvalue weighted by Crippen LogP contribution is -2.42. The highest BCUT2D eigenvalue weighted by Gasteiger charge is 2.33. The van der Waals surface area contributed by atoms with Crippen LogP contribution in [0.15, 0.2) is 44.4 Å². The summed E-state index contributed by atoms with van der Waals surface area (Å²) in [6.45, 7) is 2.61. The lowest BCUT2D eigenvalue weighted by Gasteiger charge is -2.30. The number of hydrogen-bond acceptors (Lipinski definition) is 7. The third-order valence-electron chi connectivity index (χ3n) is 5.19. The number of hydrogen-bond donors (Lipinski definition) is 1. The van der Waals surface area contributed by atoms with E-state index in [9.17, 15) is 13.2 Å². The highest BCUT2D eigenvalue weighted by molar-refractivity contribution is 7.91. The van der Waals surface area contributed by atoms with E-state index in [1.807, 2.05) is 18.2 Å². The Bertz CT molecular complexity index is 1180. The molecule has 1 N–H and O–H groups in total. The number of aromatic nitrogens is 2. The Hall–Kier alpha value is -2.27. The van der Waals surface area contributed by atoms with Crippen LogP contribution in [0.25, 0.3) is 11.4 Å². The third kappa shape index (κ3) is 4.82. The van der Waals surface area contributed by atoms with E-state index < -0.39 is 10.0 Å². The second-order valence-corrected chi connectivity index (χ2v) is 10.8. The van der Waals surface area contributed by atoms with Crippen molar-refractivity contribution < 1.29 is 17.7 Å². The van der Waals surface area contributed by atoms with Crippen molar-refractivity contribution in [1.29, 1.82) is 0 Å². The number of benzene rings is 1. The minimum absolute atomic E-state index is 0.0807. The molecule has 8 nitrogen and oxygen atoms in total. The summed E-state index contributed by atoms with van der Waals surface area (Å²) in [4.78, 5) is 16.7. The van der Waals surface area contributed by atoms with E-state index >= 15 is 0 Å². The molecular formula is C20H21ClN4O4S2. The maximum absolute atomic E-state index is 13.0. The molecule has 164 valence electrons. The molecule has 0 saturated carbocycles. The minimum Gasteiger partial charge on any atom is -0.352 e. The van der Waals surface area contributed by atoms with Crippen LogP contribution in [-0.4, -0.2) is 41.9 Å². The maximum atomic E-state index is 13.0. The van der Waals surface area contributed by atoms with Gasteiger partial charge < -0.3 is 9.84 Å². The number of nitrogens with zero attached hydrogens (tertiary/aromatic N) is 3. The monoisotopic (exact) mass is 480 g/mol. The van der Waals surface area contributed by atoms with Crippen LogP contribution in [0.1, 0.15) is 24.3 Å². The lowest BCUT2D eigenvalue weighted by molar-refractivity contribution is -0.126. The summed E-state index contributed by atoms with van der Waals surface area (Å²) >= 11 is 7.25. The summed E-state index contributed by atoms with van der Waals surface area (Å²) in [6.07, 6.45) is 0.936. The number of thiophene rings is 1. The van der Waals surface area contributed by atoms with E-state index in [4.69, 9.17) is 16.1 Å². The summed E-state index contributed by atoms with van der Waals surface area (Å²) in [6, 6.07) is 8.91. The number of nitrogens with one attached hydrogen (secondary N) is 1. The Morgan fingerprint density at radius 2 is 2.06 bits per heavy atom. The normalized spacial score (nSPS) is 15.8. The molecule has 3 aromatic rings. The zero-order valence-corrected chi connectivity index (χ0v) is 19.1. The number of rotatable bonds is 6. The Morgan fingerprint density at radius 3 is 2.74 bits per heavy atom. The fourth-order valence-corrected chi connectivity index (χ4v) is 6.42. The van der Waals surface area contributed by atoms with Gasteiger partial charge in [-0.1, -0.05) is 35.0 Å². The molecule has 0 spiro atoms. The zero-order valence-electron chi connectivity index (χ0n) is 16.7. The van der Waals surface area contributed by atoms with Gasteiger partial charge in [-0.25, -0.2) is 8.42 Å². The number of amides is 1. The molecule has 0 bridgehead atoms. The molecule has 1 aliphatic rings. The number of aryl methyl sites for hydroxylation is 1. The summed E-state index contributed by atoms with van der Waals surface area (Å²) in [5, 5.41) is 9.04. The number of carbonyl (C=O) groups is 1. The molecule has 3 heterocycles. The molecule has 1 fully saturated rings. The van der Waals surface area contributed by atoms with Crippen LogP contribution in [-0.2, 0) is 21.4 Å². The fourth-order valence-electron chi connectivity index (χ4n) is 3.44. The number of sulfonamides is 1. The average Bonchev–Trinajstić information content (AvgIpc) is 3.42. The molecule has 11 heteroatoms. The Morgan fingerprint density at radius 1 is 1.32 bits per heavy atom. The van der Waals surface area contributed by atoms with Crippen molar-refractivity contribution >= 4 is 38.9 Å². The van der Waals surface area contributed by atoms with Crippen LogP contribution >= 0.6 is 22.9 Å². The minimum atomic E-state index is -3.64. The summed E-state index contributed by atoms with van der Waals surface area (Å²) < 4.78 is 32.7. The number of halogens is 1. The molecule has 31 heavy (non-hydrogen) atoms. The van der Waals surface area contributed by atoms with Gasteiger partial charge in [-0.2, -0.15) is 9.29 Å². The first-order valence-corrected chi connectivity index (χ1v) is 12.4. The second-order valence-electron chi connectivity index (χ2n) is 7.28. The lowest BCUT2D eigenvalue weighted by atomic mass is 9.97. The van der Waals surface area contributed by atoms with Crippen LogP contribution in [0.4, 0.5) is 0 Å². The van der Waals surface area contributed by atoms with Gasteiger partial charge in [0, 0.05) is 48.4 Å². The molecule has 1 aromatic carbocycles. The van der Waals surface area contributed by atoms with Crippen molar-refractivity contribution in [2.75, 3.05) is 13.1 Å². The average molecular weight is 481 g/mol. The van der Waals surface area contributed by atoms with Crippen molar-refractivity contribution in [3.8, 4) is 11.4 Å². The standard InChI is InChI=1S/C20H21ClN4O4S2/c1-13-23-19(24-29-13)16-10-18(30-12-16)31(27,28)25-8-6-14(7-9-25)20(26)22-11-15-4-2-3-5-17(15)21/h2-5,10,12,14H,6-9,11H2,1H3,(H,22,26). The molecule has 1 aliphatic heterocycles. The van der Waals surface area contributed by atoms with Crippen LogP contribution in [0.3, 0.4) is 0 Å². The van der Waals surface area contributed by atoms with Crippen molar-refractivity contribution in [3.63, 3.8) is 0 Å². The quantitative estimate of drug-likeness (QED) is 0.579. The smallest absolute Gasteiger partial charge is 0.252 e. The fraction of sp³-hybridized carbons (Fsp3) is 0.350. The Kier molecular flexibility index (Phi) is 6.42. The van der Waals surface area contributed by atoms with Crippen molar-refractivity contribution in [1.82, 2.24) is 19.8 Å². The number of piperidine rings is 1. The van der Waals surface area contributed by atoms with E-state index in [1.54, 1.807) is 24.4 Å². The van der Waals surface area contributed by atoms with Crippen molar-refractivity contribution in [3.05, 3.63) is 52.2 Å². The molecular weight excluding hydrogens is 460 g/mol. The Balaban J connectivity index is 1.35. The first kappa shape index (κ1) is 21.9. The van der Waals surface area contributed by atoms with Gasteiger partial charge in [0.2, 0.25) is 17.6 Å². The third-order valence-corrected chi connectivity index (χ3v) is 8.87. The predicted molar refractivity (Wildman–Crippen MR) is 117 cm³/mol. The summed E-state index contributed by atoms with van der Waals surface area (Å²) in [5.41, 5.74) is 1.46. The summed E-state index contributed by atoms with van der Waals surface area (Å²) in [7, 11) is -3.64. The predicted octanol–water partition coefficient (Wildman–Crippen LogP) is 3.48. The topological polar surface area (TPSA) is 105 Å². The van der Waals surface area contributed by atoms with Crippen molar-refractivity contribution in [2.24, 2.45) is 5.92 Å². The van der Waals surface area contributed by atoms with Crippen LogP contribution in [0.5, 0.6) is 0 Å². The largest absolute Gasteiger partial charge is 0.352 e. The molecule has 2 aromatic heterocycles. The van der Waals surface area contributed by atoms with Gasteiger partial charge in [0.15, 0.2) is 0 Å². The van der Waals surface area contributed by atoms with Gasteiger partial charge in [-0.05, 0) is 30.5 Å². The zero-order chi connectivity index (χ0) is 22.0. The molecule has 0 radical (unpaired) electrons. The molecule has 0 atom stereocenters. The highest BCUT2D eigenvalue weighted by atomic mass is 35.5.